The molecule has 2 rings (SSSR count). The Balaban J connectivity index is 2.42. The molecule has 0 unspecified atom stereocenters. The Morgan fingerprint density at radius 3 is 2.36 bits per heavy atom. The monoisotopic (exact) mass is 423 g/mol. The number of benzene rings is 1. The molecule has 5 atom stereocenters. The highest BCUT2D eigenvalue weighted by molar-refractivity contribution is 7.89. The lowest BCUT2D eigenvalue weighted by atomic mass is 9.98. The third kappa shape index (κ3) is 4.25. The fourth-order valence-corrected chi connectivity index (χ4v) is 4.03. The van der Waals surface area contributed by atoms with Gasteiger partial charge in [-0.25, -0.2) is 8.42 Å². The van der Waals surface area contributed by atoms with Crippen LogP contribution in [0.5, 0.6) is 0 Å². The number of nitro groups is 2. The average molecular weight is 423 g/mol. The van der Waals surface area contributed by atoms with Crippen LogP contribution in [0.1, 0.15) is 0 Å². The minimum absolute atomic E-state index is 0.479. The van der Waals surface area contributed by atoms with Crippen LogP contribution in [0.2, 0.25) is 0 Å². The molecule has 0 radical (unpaired) electrons. The summed E-state index contributed by atoms with van der Waals surface area (Å²) in [5.74, 6) is 0. The quantitative estimate of drug-likeness (QED) is 0.285. The molecule has 0 amide bonds. The molecular formula is C13H17N3O11S. The van der Waals surface area contributed by atoms with Crippen LogP contribution in [0.4, 0.5) is 11.4 Å². The molecule has 0 aromatic heterocycles. The van der Waals surface area contributed by atoms with Gasteiger partial charge in [-0.05, 0) is 6.07 Å². The normalized spacial score (nSPS) is 28.1. The molecular weight excluding hydrogens is 406 g/mol. The van der Waals surface area contributed by atoms with Crippen LogP contribution < -0.4 is 4.72 Å². The van der Waals surface area contributed by atoms with Crippen molar-refractivity contribution in [2.75, 3.05) is 13.7 Å². The number of aliphatic hydroxyl groups is 3. The molecule has 28 heavy (non-hydrogen) atoms. The number of nitrogens with one attached hydrogen (secondary N) is 1. The van der Waals surface area contributed by atoms with Crippen LogP contribution in [0.15, 0.2) is 23.1 Å². The van der Waals surface area contributed by atoms with Crippen LogP contribution >= 0.6 is 0 Å². The summed E-state index contributed by atoms with van der Waals surface area (Å²) in [6.45, 7) is -0.689. The average Bonchev–Trinajstić information content (AvgIpc) is 2.65. The first kappa shape index (κ1) is 22.0. The van der Waals surface area contributed by atoms with Crippen molar-refractivity contribution in [3.63, 3.8) is 0 Å². The van der Waals surface area contributed by atoms with Crippen molar-refractivity contribution >= 4 is 21.4 Å². The first-order valence-electron chi connectivity index (χ1n) is 7.64. The number of nitro benzene ring substituents is 2. The molecule has 0 saturated carbocycles. The van der Waals surface area contributed by atoms with Gasteiger partial charge in [-0.2, -0.15) is 4.72 Å². The minimum Gasteiger partial charge on any atom is -0.394 e. The topological polar surface area (TPSA) is 212 Å². The summed E-state index contributed by atoms with van der Waals surface area (Å²) < 4.78 is 37.3. The Hall–Kier alpha value is -2.27. The number of non-ortho nitro benzene ring substituents is 1. The maximum absolute atomic E-state index is 12.6. The molecule has 0 bridgehead atoms. The van der Waals surface area contributed by atoms with Crippen LogP contribution in [0.3, 0.4) is 0 Å². The van der Waals surface area contributed by atoms with Crippen LogP contribution in [0.25, 0.3) is 0 Å². The van der Waals surface area contributed by atoms with Gasteiger partial charge >= 0.3 is 0 Å². The lowest BCUT2D eigenvalue weighted by molar-refractivity contribution is -0.396. The third-order valence-corrected chi connectivity index (χ3v) is 5.55. The standard InChI is InChI=1S/C13H17N3O11S/c1-26-13-10(12(19)11(18)8(5-17)27-13)14-28(24,25)9-3-2-6(15(20)21)4-7(9)16(22)23/h2-4,8,10-14,17-19H,5H2,1H3/t8-,10-,11-,12-,13+/m1/s1. The van der Waals surface area contributed by atoms with Gasteiger partial charge in [0.25, 0.3) is 11.4 Å². The van der Waals surface area contributed by atoms with E-state index in [1.54, 1.807) is 0 Å². The highest BCUT2D eigenvalue weighted by atomic mass is 32.2. The van der Waals surface area contributed by atoms with Crippen molar-refractivity contribution in [2.24, 2.45) is 0 Å². The summed E-state index contributed by atoms with van der Waals surface area (Å²) in [5, 5.41) is 51.2. The van der Waals surface area contributed by atoms with Gasteiger partial charge in [-0.3, -0.25) is 20.2 Å². The molecule has 1 fully saturated rings. The molecule has 1 heterocycles. The van der Waals surface area contributed by atoms with Gasteiger partial charge < -0.3 is 24.8 Å². The first-order chi connectivity index (χ1) is 13.0. The van der Waals surface area contributed by atoms with E-state index < -0.39 is 73.4 Å². The van der Waals surface area contributed by atoms with Gasteiger partial charge in [0, 0.05) is 13.2 Å². The van der Waals surface area contributed by atoms with E-state index in [9.17, 15) is 38.9 Å². The second kappa shape index (κ2) is 8.39. The summed E-state index contributed by atoms with van der Waals surface area (Å²) in [5.41, 5.74) is -1.75. The second-order valence-corrected chi connectivity index (χ2v) is 7.44. The Bertz CT molecular complexity index is 859. The predicted molar refractivity (Wildman–Crippen MR) is 88.6 cm³/mol. The molecule has 1 saturated heterocycles. The van der Waals surface area contributed by atoms with E-state index in [1.807, 2.05) is 4.72 Å². The van der Waals surface area contributed by atoms with Crippen LogP contribution in [-0.4, -0.2) is 77.9 Å². The Morgan fingerprint density at radius 2 is 1.86 bits per heavy atom. The number of hydrogen-bond acceptors (Lipinski definition) is 11. The molecule has 0 aliphatic carbocycles. The van der Waals surface area contributed by atoms with Gasteiger partial charge in [-0.15, -0.1) is 0 Å². The Labute approximate surface area is 157 Å². The summed E-state index contributed by atoms with van der Waals surface area (Å²) in [7, 11) is -3.60. The Kier molecular flexibility index (Phi) is 6.60. The number of ether oxygens (including phenoxy) is 2. The molecule has 14 nitrogen and oxygen atoms in total. The summed E-state index contributed by atoms with van der Waals surface area (Å²) in [6.07, 6.45) is -6.17. The molecule has 1 aromatic carbocycles. The first-order valence-corrected chi connectivity index (χ1v) is 9.12. The smallest absolute Gasteiger partial charge is 0.296 e. The molecule has 15 heteroatoms. The highest BCUT2D eigenvalue weighted by Crippen LogP contribution is 2.30. The SMILES string of the molecule is CO[C@H]1O[C@H](CO)[C@@H](O)[C@H](O)[C@H]1NS(=O)(=O)c1ccc([N+](=O)[O-])cc1[N+](=O)[O-]. The minimum atomic E-state index is -4.71. The fraction of sp³-hybridized carbons (Fsp3) is 0.538. The molecule has 1 aliphatic rings. The van der Waals surface area contributed by atoms with Gasteiger partial charge in [0.15, 0.2) is 11.2 Å². The van der Waals surface area contributed by atoms with E-state index in [0.29, 0.717) is 12.1 Å². The van der Waals surface area contributed by atoms with Crippen LogP contribution in [0, 0.1) is 20.2 Å². The van der Waals surface area contributed by atoms with Crippen molar-refractivity contribution in [3.05, 3.63) is 38.4 Å². The highest BCUT2D eigenvalue weighted by Gasteiger charge is 2.47. The molecule has 1 aliphatic heterocycles. The van der Waals surface area contributed by atoms with Gasteiger partial charge in [0.2, 0.25) is 10.0 Å². The maximum atomic E-state index is 12.6. The van der Waals surface area contributed by atoms with Gasteiger partial charge in [0.1, 0.15) is 24.4 Å². The zero-order valence-electron chi connectivity index (χ0n) is 14.2. The number of nitrogens with zero attached hydrogens (tertiary/aromatic N) is 2. The van der Waals surface area contributed by atoms with Crippen LogP contribution in [-0.2, 0) is 19.5 Å². The zero-order valence-corrected chi connectivity index (χ0v) is 15.1. The Morgan fingerprint density at radius 1 is 1.21 bits per heavy atom. The number of hydrogen-bond donors (Lipinski definition) is 4. The molecule has 4 N–H and O–H groups in total. The van der Waals surface area contributed by atoms with E-state index in [-0.39, 0.29) is 0 Å². The number of sulfonamides is 1. The van der Waals surface area contributed by atoms with Crippen molar-refractivity contribution in [1.82, 2.24) is 4.72 Å². The maximum Gasteiger partial charge on any atom is 0.296 e. The number of methoxy groups -OCH3 is 1. The third-order valence-electron chi connectivity index (χ3n) is 4.04. The predicted octanol–water partition coefficient (Wildman–Crippen LogP) is -1.76. The van der Waals surface area contributed by atoms with Crippen molar-refractivity contribution in [1.29, 1.82) is 0 Å². The fourth-order valence-electron chi connectivity index (χ4n) is 2.64. The molecule has 1 aromatic rings. The second-order valence-electron chi connectivity index (χ2n) is 5.76. The van der Waals surface area contributed by atoms with Crippen molar-refractivity contribution in [2.45, 2.75) is 35.5 Å². The van der Waals surface area contributed by atoms with E-state index in [2.05, 4.69) is 0 Å². The van der Waals surface area contributed by atoms with Gasteiger partial charge in [-0.1, -0.05) is 0 Å². The summed E-state index contributed by atoms with van der Waals surface area (Å²) in [6, 6.07) is 0.318. The van der Waals surface area contributed by atoms with Gasteiger partial charge in [0.05, 0.1) is 22.5 Å². The van der Waals surface area contributed by atoms with E-state index >= 15 is 0 Å². The zero-order chi connectivity index (χ0) is 21.2. The number of aliphatic hydroxyl groups excluding tert-OH is 3. The van der Waals surface area contributed by atoms with Crippen molar-refractivity contribution < 1.29 is 43.1 Å². The van der Waals surface area contributed by atoms with E-state index in [1.165, 1.54) is 0 Å². The number of rotatable bonds is 7. The lowest BCUT2D eigenvalue weighted by Crippen LogP contribution is -2.64. The summed E-state index contributed by atoms with van der Waals surface area (Å²) in [4.78, 5) is 19.0. The summed E-state index contributed by atoms with van der Waals surface area (Å²) >= 11 is 0. The molecule has 156 valence electrons. The van der Waals surface area contributed by atoms with Crippen molar-refractivity contribution in [3.8, 4) is 0 Å². The van der Waals surface area contributed by atoms with E-state index in [0.717, 1.165) is 13.2 Å². The van der Waals surface area contributed by atoms with E-state index in [4.69, 9.17) is 14.6 Å². The lowest BCUT2D eigenvalue weighted by Gasteiger charge is -2.41. The molecule has 0 spiro atoms. The largest absolute Gasteiger partial charge is 0.394 e.